The van der Waals surface area contributed by atoms with Gasteiger partial charge < -0.3 is 5.73 Å². The minimum Gasteiger partial charge on any atom is -0.329 e. The number of benzene rings is 1. The highest BCUT2D eigenvalue weighted by Crippen LogP contribution is 2.29. The summed E-state index contributed by atoms with van der Waals surface area (Å²) in [5.74, 6) is -0.296. The third-order valence-corrected chi connectivity index (χ3v) is 3.19. The third-order valence-electron chi connectivity index (χ3n) is 2.86. The van der Waals surface area contributed by atoms with Crippen LogP contribution in [0.4, 0.5) is 4.39 Å². The van der Waals surface area contributed by atoms with Gasteiger partial charge in [-0.3, -0.25) is 4.90 Å². The van der Waals surface area contributed by atoms with Gasteiger partial charge in [-0.1, -0.05) is 17.7 Å². The molecule has 1 unspecified atom stereocenters. The van der Waals surface area contributed by atoms with Crippen molar-refractivity contribution in [1.29, 1.82) is 0 Å². The second kappa shape index (κ2) is 5.62. The molecule has 0 aliphatic carbocycles. The van der Waals surface area contributed by atoms with Crippen LogP contribution in [0.25, 0.3) is 0 Å². The van der Waals surface area contributed by atoms with Crippen LogP contribution < -0.4 is 5.73 Å². The summed E-state index contributed by atoms with van der Waals surface area (Å²) in [6.45, 7) is 4.42. The van der Waals surface area contributed by atoms with Crippen molar-refractivity contribution in [2.45, 2.75) is 25.9 Å². The molecule has 1 rings (SSSR count). The smallest absolute Gasteiger partial charge is 0.129 e. The van der Waals surface area contributed by atoms with E-state index in [9.17, 15) is 4.39 Å². The minimum absolute atomic E-state index is 0.186. The van der Waals surface area contributed by atoms with Crippen LogP contribution in [0.3, 0.4) is 0 Å². The summed E-state index contributed by atoms with van der Waals surface area (Å²) in [7, 11) is 1.92. The molecule has 1 atom stereocenters. The van der Waals surface area contributed by atoms with Gasteiger partial charge in [0.25, 0.3) is 0 Å². The first kappa shape index (κ1) is 13.4. The first-order chi connectivity index (χ1) is 7.49. The van der Waals surface area contributed by atoms with Crippen molar-refractivity contribution in [3.8, 4) is 0 Å². The molecule has 0 amide bonds. The van der Waals surface area contributed by atoms with Gasteiger partial charge in [-0.2, -0.15) is 0 Å². The highest BCUT2D eigenvalue weighted by atomic mass is 35.5. The molecular weight excluding hydrogens is 227 g/mol. The molecule has 0 fully saturated rings. The molecule has 4 heteroatoms. The second-order valence-electron chi connectivity index (χ2n) is 4.15. The molecule has 90 valence electrons. The molecule has 2 N–H and O–H groups in total. The predicted molar refractivity (Wildman–Crippen MR) is 66.1 cm³/mol. The molecule has 2 nitrogen and oxygen atoms in total. The van der Waals surface area contributed by atoms with E-state index in [4.69, 9.17) is 17.3 Å². The summed E-state index contributed by atoms with van der Waals surface area (Å²) in [6, 6.07) is 4.80. The average Bonchev–Trinajstić information content (AvgIpc) is 2.22. The predicted octanol–water partition coefficient (Wildman–Crippen LogP) is 2.82. The molecule has 0 aliphatic heterocycles. The van der Waals surface area contributed by atoms with Gasteiger partial charge in [-0.05, 0) is 33.0 Å². The largest absolute Gasteiger partial charge is 0.329 e. The first-order valence-corrected chi connectivity index (χ1v) is 5.72. The van der Waals surface area contributed by atoms with E-state index >= 15 is 0 Å². The van der Waals surface area contributed by atoms with Crippen molar-refractivity contribution in [2.75, 3.05) is 13.6 Å². The number of hydrogen-bond acceptors (Lipinski definition) is 2. The molecular formula is C12H18ClFN2. The number of nitrogens with two attached hydrogens (primary N) is 1. The number of halogens is 2. The Bertz CT molecular complexity index is 335. The quantitative estimate of drug-likeness (QED) is 0.883. The van der Waals surface area contributed by atoms with Gasteiger partial charge in [-0.15, -0.1) is 0 Å². The van der Waals surface area contributed by atoms with Gasteiger partial charge >= 0.3 is 0 Å². The van der Waals surface area contributed by atoms with Crippen LogP contribution in [0.5, 0.6) is 0 Å². The second-order valence-corrected chi connectivity index (χ2v) is 4.55. The summed E-state index contributed by atoms with van der Waals surface area (Å²) in [4.78, 5) is 2.02. The van der Waals surface area contributed by atoms with Gasteiger partial charge in [0.15, 0.2) is 0 Å². The maximum absolute atomic E-state index is 13.7. The molecule has 0 aromatic heterocycles. The Balaban J connectivity index is 3.13. The molecule has 0 heterocycles. The summed E-state index contributed by atoms with van der Waals surface area (Å²) in [5.41, 5.74) is 6.20. The Morgan fingerprint density at radius 1 is 1.44 bits per heavy atom. The molecule has 0 aliphatic rings. The maximum atomic E-state index is 13.7. The standard InChI is InChI=1S/C12H18ClFN2/c1-8(2)16(3)11(7-15)12-9(13)5-4-6-10(12)14/h4-6,8,11H,7,15H2,1-3H3. The summed E-state index contributed by atoms with van der Waals surface area (Å²) < 4.78 is 13.7. The first-order valence-electron chi connectivity index (χ1n) is 5.35. The van der Waals surface area contributed by atoms with Gasteiger partial charge in [0.05, 0.1) is 6.04 Å². The van der Waals surface area contributed by atoms with Crippen LogP contribution in [0.15, 0.2) is 18.2 Å². The lowest BCUT2D eigenvalue weighted by molar-refractivity contribution is 0.197. The maximum Gasteiger partial charge on any atom is 0.129 e. The fourth-order valence-electron chi connectivity index (χ4n) is 1.68. The fourth-order valence-corrected chi connectivity index (χ4v) is 1.97. The van der Waals surface area contributed by atoms with Crippen molar-refractivity contribution < 1.29 is 4.39 Å². The van der Waals surface area contributed by atoms with E-state index in [1.165, 1.54) is 6.07 Å². The average molecular weight is 245 g/mol. The van der Waals surface area contributed by atoms with Gasteiger partial charge in [-0.25, -0.2) is 4.39 Å². The normalized spacial score (nSPS) is 13.5. The lowest BCUT2D eigenvalue weighted by atomic mass is 10.0. The summed E-state index contributed by atoms with van der Waals surface area (Å²) in [5, 5.41) is 0.433. The summed E-state index contributed by atoms with van der Waals surface area (Å²) in [6.07, 6.45) is 0. The molecule has 0 radical (unpaired) electrons. The van der Waals surface area contributed by atoms with Crippen molar-refractivity contribution in [2.24, 2.45) is 5.73 Å². The molecule has 0 spiro atoms. The lowest BCUT2D eigenvalue weighted by Gasteiger charge is -2.31. The molecule has 1 aromatic carbocycles. The van der Waals surface area contributed by atoms with Gasteiger partial charge in [0.1, 0.15) is 5.82 Å². The number of hydrogen-bond donors (Lipinski definition) is 1. The Hall–Kier alpha value is -0.640. The van der Waals surface area contributed by atoms with Crippen LogP contribution in [0, 0.1) is 5.82 Å². The van der Waals surface area contributed by atoms with Crippen LogP contribution >= 0.6 is 11.6 Å². The number of rotatable bonds is 4. The lowest BCUT2D eigenvalue weighted by Crippen LogP contribution is -2.36. The van der Waals surface area contributed by atoms with E-state index in [2.05, 4.69) is 0 Å². The zero-order valence-electron chi connectivity index (χ0n) is 9.87. The third kappa shape index (κ3) is 2.73. The van der Waals surface area contributed by atoms with Crippen LogP contribution in [-0.2, 0) is 0 Å². The summed E-state index contributed by atoms with van der Waals surface area (Å²) >= 11 is 6.03. The Labute approximate surface area is 101 Å². The zero-order valence-corrected chi connectivity index (χ0v) is 10.6. The van der Waals surface area contributed by atoms with E-state index in [0.29, 0.717) is 17.1 Å². The van der Waals surface area contributed by atoms with E-state index < -0.39 is 0 Å². The topological polar surface area (TPSA) is 29.3 Å². The van der Waals surface area contributed by atoms with Crippen molar-refractivity contribution in [3.05, 3.63) is 34.6 Å². The highest BCUT2D eigenvalue weighted by Gasteiger charge is 2.23. The minimum atomic E-state index is -0.296. The Morgan fingerprint density at radius 3 is 2.50 bits per heavy atom. The van der Waals surface area contributed by atoms with Crippen LogP contribution in [-0.4, -0.2) is 24.5 Å². The molecule has 0 saturated heterocycles. The molecule has 1 aromatic rings. The number of nitrogens with zero attached hydrogens (tertiary/aromatic N) is 1. The Kier molecular flexibility index (Phi) is 4.71. The highest BCUT2D eigenvalue weighted by molar-refractivity contribution is 6.31. The van der Waals surface area contributed by atoms with E-state index in [0.717, 1.165) is 0 Å². The van der Waals surface area contributed by atoms with E-state index in [-0.39, 0.29) is 17.9 Å². The zero-order chi connectivity index (χ0) is 12.3. The molecule has 0 saturated carbocycles. The van der Waals surface area contributed by atoms with E-state index in [1.54, 1.807) is 12.1 Å². The monoisotopic (exact) mass is 244 g/mol. The molecule has 0 bridgehead atoms. The molecule has 16 heavy (non-hydrogen) atoms. The Morgan fingerprint density at radius 2 is 2.06 bits per heavy atom. The van der Waals surface area contributed by atoms with Crippen molar-refractivity contribution in [1.82, 2.24) is 4.90 Å². The van der Waals surface area contributed by atoms with E-state index in [1.807, 2.05) is 25.8 Å². The number of likely N-dealkylation sites (N-methyl/N-ethyl adjacent to an activating group) is 1. The van der Waals surface area contributed by atoms with Gasteiger partial charge in [0.2, 0.25) is 0 Å². The fraction of sp³-hybridized carbons (Fsp3) is 0.500. The van der Waals surface area contributed by atoms with Crippen molar-refractivity contribution >= 4 is 11.6 Å². The van der Waals surface area contributed by atoms with Crippen LogP contribution in [0.1, 0.15) is 25.5 Å². The van der Waals surface area contributed by atoms with Crippen molar-refractivity contribution in [3.63, 3.8) is 0 Å². The SMILES string of the molecule is CC(C)N(C)C(CN)c1c(F)cccc1Cl. The van der Waals surface area contributed by atoms with Crippen LogP contribution in [0.2, 0.25) is 5.02 Å². The van der Waals surface area contributed by atoms with Gasteiger partial charge in [0, 0.05) is 23.2 Å².